The monoisotopic (exact) mass is 308 g/mol. The standard InChI is InChI=1S/C14H13ClN2O2S/c1-9-8-14(20-17-9)16-13(19)7-6-12(18)10-2-4-11(15)5-3-10/h2-5,8H,6-7H2,1H3,(H,16,19). The normalized spacial score (nSPS) is 10.3. The molecule has 0 saturated carbocycles. The third kappa shape index (κ3) is 4.15. The van der Waals surface area contributed by atoms with Crippen LogP contribution < -0.4 is 5.32 Å². The summed E-state index contributed by atoms with van der Waals surface area (Å²) >= 11 is 6.98. The van der Waals surface area contributed by atoms with Crippen LogP contribution in [0, 0.1) is 6.92 Å². The Kier molecular flexibility index (Phi) is 4.87. The van der Waals surface area contributed by atoms with Crippen LogP contribution in [0.15, 0.2) is 30.3 Å². The van der Waals surface area contributed by atoms with Gasteiger partial charge in [0.1, 0.15) is 5.00 Å². The number of anilines is 1. The lowest BCUT2D eigenvalue weighted by molar-refractivity contribution is -0.116. The molecule has 0 saturated heterocycles. The molecule has 1 heterocycles. The summed E-state index contributed by atoms with van der Waals surface area (Å²) in [5.41, 5.74) is 1.43. The van der Waals surface area contributed by atoms with Crippen molar-refractivity contribution in [2.45, 2.75) is 19.8 Å². The first-order valence-corrected chi connectivity index (χ1v) is 7.21. The molecule has 104 valence electrons. The molecule has 0 bridgehead atoms. The minimum Gasteiger partial charge on any atom is -0.316 e. The van der Waals surface area contributed by atoms with Crippen molar-refractivity contribution in [1.82, 2.24) is 4.37 Å². The van der Waals surface area contributed by atoms with E-state index in [2.05, 4.69) is 9.69 Å². The molecule has 1 aromatic carbocycles. The van der Waals surface area contributed by atoms with E-state index in [1.165, 1.54) is 11.5 Å². The summed E-state index contributed by atoms with van der Waals surface area (Å²) in [6, 6.07) is 8.44. The minimum atomic E-state index is -0.184. The number of aromatic nitrogens is 1. The highest BCUT2D eigenvalue weighted by molar-refractivity contribution is 7.10. The maximum Gasteiger partial charge on any atom is 0.225 e. The predicted molar refractivity (Wildman–Crippen MR) is 80.5 cm³/mol. The lowest BCUT2D eigenvalue weighted by atomic mass is 10.1. The van der Waals surface area contributed by atoms with Gasteiger partial charge in [-0.2, -0.15) is 4.37 Å². The molecule has 0 aliphatic rings. The summed E-state index contributed by atoms with van der Waals surface area (Å²) in [7, 11) is 0. The second-order valence-corrected chi connectivity index (χ2v) is 5.55. The van der Waals surface area contributed by atoms with Crippen molar-refractivity contribution in [3.8, 4) is 0 Å². The molecule has 0 spiro atoms. The molecule has 6 heteroatoms. The number of Topliss-reactive ketones (excluding diaryl/α,β-unsaturated/α-hetero) is 1. The van der Waals surface area contributed by atoms with Crippen LogP contribution in [0.1, 0.15) is 28.9 Å². The molecule has 1 N–H and O–H groups in total. The SMILES string of the molecule is Cc1cc(NC(=O)CCC(=O)c2ccc(Cl)cc2)sn1. The zero-order valence-electron chi connectivity index (χ0n) is 10.9. The highest BCUT2D eigenvalue weighted by Gasteiger charge is 2.10. The summed E-state index contributed by atoms with van der Waals surface area (Å²) in [5, 5.41) is 4.01. The van der Waals surface area contributed by atoms with E-state index in [1.807, 2.05) is 6.92 Å². The lowest BCUT2D eigenvalue weighted by Gasteiger charge is -2.02. The Balaban J connectivity index is 1.84. The van der Waals surface area contributed by atoms with E-state index < -0.39 is 0 Å². The smallest absolute Gasteiger partial charge is 0.225 e. The van der Waals surface area contributed by atoms with Crippen molar-refractivity contribution in [3.63, 3.8) is 0 Å². The van der Waals surface area contributed by atoms with Gasteiger partial charge in [0.2, 0.25) is 5.91 Å². The highest BCUT2D eigenvalue weighted by Crippen LogP contribution is 2.16. The van der Waals surface area contributed by atoms with Crippen LogP contribution in [-0.2, 0) is 4.79 Å². The van der Waals surface area contributed by atoms with E-state index in [0.29, 0.717) is 15.6 Å². The fourth-order valence-corrected chi connectivity index (χ4v) is 2.43. The van der Waals surface area contributed by atoms with E-state index >= 15 is 0 Å². The topological polar surface area (TPSA) is 59.1 Å². The molecule has 0 atom stereocenters. The molecule has 2 rings (SSSR count). The zero-order valence-corrected chi connectivity index (χ0v) is 12.4. The van der Waals surface area contributed by atoms with Gasteiger partial charge in [-0.3, -0.25) is 9.59 Å². The van der Waals surface area contributed by atoms with E-state index in [1.54, 1.807) is 30.3 Å². The van der Waals surface area contributed by atoms with Crippen molar-refractivity contribution in [2.24, 2.45) is 0 Å². The Morgan fingerprint density at radius 1 is 1.25 bits per heavy atom. The Labute approximate surface area is 125 Å². The second kappa shape index (κ2) is 6.63. The molecule has 0 unspecified atom stereocenters. The molecule has 4 nitrogen and oxygen atoms in total. The average molecular weight is 309 g/mol. The van der Waals surface area contributed by atoms with Crippen LogP contribution >= 0.6 is 23.1 Å². The molecule has 1 aromatic heterocycles. The quantitative estimate of drug-likeness (QED) is 0.857. The number of hydrogen-bond acceptors (Lipinski definition) is 4. The first-order chi connectivity index (χ1) is 9.54. The molecule has 0 radical (unpaired) electrons. The van der Waals surface area contributed by atoms with Gasteiger partial charge in [-0.15, -0.1) is 0 Å². The molecule has 0 aliphatic heterocycles. The van der Waals surface area contributed by atoms with Crippen molar-refractivity contribution < 1.29 is 9.59 Å². The third-order valence-corrected chi connectivity index (χ3v) is 3.68. The Morgan fingerprint density at radius 2 is 1.95 bits per heavy atom. The average Bonchev–Trinajstić information content (AvgIpc) is 2.82. The lowest BCUT2D eigenvalue weighted by Crippen LogP contribution is -2.12. The molecular formula is C14H13ClN2O2S. The van der Waals surface area contributed by atoms with Gasteiger partial charge in [-0.25, -0.2) is 0 Å². The number of benzene rings is 1. The van der Waals surface area contributed by atoms with Gasteiger partial charge in [-0.05, 0) is 48.8 Å². The molecule has 20 heavy (non-hydrogen) atoms. The van der Waals surface area contributed by atoms with Crippen LogP contribution in [0.3, 0.4) is 0 Å². The summed E-state index contributed by atoms with van der Waals surface area (Å²) < 4.78 is 4.07. The van der Waals surface area contributed by atoms with Gasteiger partial charge in [0.25, 0.3) is 0 Å². The number of carbonyl (C=O) groups is 2. The number of rotatable bonds is 5. The van der Waals surface area contributed by atoms with E-state index in [-0.39, 0.29) is 24.5 Å². The first kappa shape index (κ1) is 14.7. The largest absolute Gasteiger partial charge is 0.316 e. The summed E-state index contributed by atoms with van der Waals surface area (Å²) in [5.74, 6) is -0.256. The highest BCUT2D eigenvalue weighted by atomic mass is 35.5. The number of hydrogen-bond donors (Lipinski definition) is 1. The van der Waals surface area contributed by atoms with Crippen molar-refractivity contribution >= 4 is 39.8 Å². The number of nitrogens with zero attached hydrogens (tertiary/aromatic N) is 1. The Morgan fingerprint density at radius 3 is 2.55 bits per heavy atom. The third-order valence-electron chi connectivity index (χ3n) is 2.64. The van der Waals surface area contributed by atoms with Gasteiger partial charge in [-0.1, -0.05) is 11.6 Å². The molecule has 1 amide bonds. The number of amides is 1. The summed E-state index contributed by atoms with van der Waals surface area (Å²) in [4.78, 5) is 23.6. The van der Waals surface area contributed by atoms with Crippen LogP contribution in [0.2, 0.25) is 5.02 Å². The molecule has 2 aromatic rings. The van der Waals surface area contributed by atoms with Crippen LogP contribution in [-0.4, -0.2) is 16.1 Å². The van der Waals surface area contributed by atoms with Crippen LogP contribution in [0.5, 0.6) is 0 Å². The van der Waals surface area contributed by atoms with Gasteiger partial charge in [0.15, 0.2) is 5.78 Å². The zero-order chi connectivity index (χ0) is 14.5. The van der Waals surface area contributed by atoms with E-state index in [0.717, 1.165) is 5.69 Å². The number of halogens is 1. The van der Waals surface area contributed by atoms with Crippen LogP contribution in [0.25, 0.3) is 0 Å². The number of aryl methyl sites for hydroxylation is 1. The number of nitrogens with one attached hydrogen (secondary N) is 1. The second-order valence-electron chi connectivity index (χ2n) is 4.31. The summed E-state index contributed by atoms with van der Waals surface area (Å²) in [6.07, 6.45) is 0.323. The van der Waals surface area contributed by atoms with E-state index in [9.17, 15) is 9.59 Å². The fourth-order valence-electron chi connectivity index (χ4n) is 1.63. The van der Waals surface area contributed by atoms with Crippen molar-refractivity contribution in [2.75, 3.05) is 5.32 Å². The molecular weight excluding hydrogens is 296 g/mol. The number of carbonyl (C=O) groups excluding carboxylic acids is 2. The number of ketones is 1. The predicted octanol–water partition coefficient (Wildman–Crippen LogP) is 3.71. The maximum atomic E-state index is 11.9. The van der Waals surface area contributed by atoms with Crippen molar-refractivity contribution in [1.29, 1.82) is 0 Å². The van der Waals surface area contributed by atoms with Gasteiger partial charge >= 0.3 is 0 Å². The van der Waals surface area contributed by atoms with Gasteiger partial charge in [0, 0.05) is 23.4 Å². The fraction of sp³-hybridized carbons (Fsp3) is 0.214. The van der Waals surface area contributed by atoms with Gasteiger partial charge in [0.05, 0.1) is 5.69 Å². The maximum absolute atomic E-state index is 11.9. The van der Waals surface area contributed by atoms with E-state index in [4.69, 9.17) is 11.6 Å². The first-order valence-electron chi connectivity index (χ1n) is 6.06. The van der Waals surface area contributed by atoms with Crippen LogP contribution in [0.4, 0.5) is 5.00 Å². The van der Waals surface area contributed by atoms with Gasteiger partial charge < -0.3 is 5.32 Å². The van der Waals surface area contributed by atoms with Crippen molar-refractivity contribution in [3.05, 3.63) is 46.6 Å². The Hall–Kier alpha value is -1.72. The Bertz CT molecular complexity index is 622. The minimum absolute atomic E-state index is 0.0719. The molecule has 0 fully saturated rings. The summed E-state index contributed by atoms with van der Waals surface area (Å²) in [6.45, 7) is 1.86. The molecule has 0 aliphatic carbocycles.